The fourth-order valence-corrected chi connectivity index (χ4v) is 2.56. The summed E-state index contributed by atoms with van der Waals surface area (Å²) in [4.78, 5) is 11.8. The molecule has 1 amide bonds. The number of rotatable bonds is 6. The number of carbonyl (C=O) groups is 1. The molecule has 1 aromatic rings. The topological polar surface area (TPSA) is 59.6 Å². The van der Waals surface area contributed by atoms with Crippen molar-refractivity contribution in [3.63, 3.8) is 0 Å². The van der Waals surface area contributed by atoms with Crippen LogP contribution in [0.5, 0.6) is 5.75 Å². The highest BCUT2D eigenvalue weighted by Crippen LogP contribution is 2.38. The number of amides is 1. The lowest BCUT2D eigenvalue weighted by Gasteiger charge is -2.38. The van der Waals surface area contributed by atoms with Gasteiger partial charge in [-0.1, -0.05) is 18.2 Å². The second kappa shape index (κ2) is 6.91. The molecule has 0 aliphatic carbocycles. The molecule has 116 valence electrons. The van der Waals surface area contributed by atoms with Crippen molar-refractivity contribution in [1.29, 1.82) is 0 Å². The van der Waals surface area contributed by atoms with Crippen molar-refractivity contribution >= 4 is 5.91 Å². The molecule has 0 bridgehead atoms. The lowest BCUT2D eigenvalue weighted by molar-refractivity contribution is -0.120. The maximum absolute atomic E-state index is 11.8. The van der Waals surface area contributed by atoms with Gasteiger partial charge in [-0.25, -0.2) is 0 Å². The molecule has 5 nitrogen and oxygen atoms in total. The van der Waals surface area contributed by atoms with Crippen molar-refractivity contribution in [2.24, 2.45) is 0 Å². The molecule has 2 N–H and O–H groups in total. The van der Waals surface area contributed by atoms with Gasteiger partial charge in [0.1, 0.15) is 11.4 Å². The van der Waals surface area contributed by atoms with Gasteiger partial charge in [-0.05, 0) is 19.9 Å². The average Bonchev–Trinajstić information content (AvgIpc) is 2.44. The van der Waals surface area contributed by atoms with Crippen LogP contribution in [-0.4, -0.2) is 38.3 Å². The van der Waals surface area contributed by atoms with Gasteiger partial charge in [0.25, 0.3) is 0 Å². The zero-order chi connectivity index (χ0) is 15.3. The van der Waals surface area contributed by atoms with Crippen LogP contribution < -0.4 is 15.4 Å². The Kier molecular flexibility index (Phi) is 5.20. The van der Waals surface area contributed by atoms with Gasteiger partial charge in [-0.2, -0.15) is 0 Å². The van der Waals surface area contributed by atoms with Crippen LogP contribution in [0.4, 0.5) is 0 Å². The first-order chi connectivity index (χ1) is 10.0. The molecule has 5 heteroatoms. The molecule has 0 spiro atoms. The Morgan fingerprint density at radius 2 is 2.19 bits per heavy atom. The third kappa shape index (κ3) is 4.44. The molecule has 0 saturated heterocycles. The first-order valence-corrected chi connectivity index (χ1v) is 7.29. The molecule has 21 heavy (non-hydrogen) atoms. The van der Waals surface area contributed by atoms with Gasteiger partial charge < -0.3 is 20.1 Å². The number of methoxy groups -OCH3 is 1. The van der Waals surface area contributed by atoms with Crippen molar-refractivity contribution in [2.75, 3.05) is 26.8 Å². The standard InChI is InChI=1S/C16H24N2O3/c1-16(2)10-13(12-6-4-5-7-14(12)21-16)18-11-15(19)17-8-9-20-3/h4-7,13,18H,8-11H2,1-3H3,(H,17,19). The number of ether oxygens (including phenoxy) is 2. The van der Waals surface area contributed by atoms with Crippen molar-refractivity contribution in [2.45, 2.75) is 31.9 Å². The Labute approximate surface area is 126 Å². The summed E-state index contributed by atoms with van der Waals surface area (Å²) in [6.45, 7) is 5.48. The Morgan fingerprint density at radius 1 is 1.43 bits per heavy atom. The minimum absolute atomic E-state index is 0.0196. The summed E-state index contributed by atoms with van der Waals surface area (Å²) in [5.41, 5.74) is 0.875. The van der Waals surface area contributed by atoms with Crippen LogP contribution in [0.1, 0.15) is 31.9 Å². The number of hydrogen-bond donors (Lipinski definition) is 2. The summed E-state index contributed by atoms with van der Waals surface area (Å²) in [7, 11) is 1.62. The molecule has 0 saturated carbocycles. The van der Waals surface area contributed by atoms with Gasteiger partial charge in [0.05, 0.1) is 13.2 Å². The van der Waals surface area contributed by atoms with Crippen molar-refractivity contribution < 1.29 is 14.3 Å². The molecule has 1 aromatic carbocycles. The van der Waals surface area contributed by atoms with Crippen LogP contribution in [0.25, 0.3) is 0 Å². The lowest BCUT2D eigenvalue weighted by Crippen LogP contribution is -2.43. The van der Waals surface area contributed by atoms with Gasteiger partial charge >= 0.3 is 0 Å². The lowest BCUT2D eigenvalue weighted by atomic mass is 9.90. The van der Waals surface area contributed by atoms with E-state index in [0.29, 0.717) is 19.7 Å². The molecule has 0 aromatic heterocycles. The normalized spacial score (nSPS) is 19.5. The second-order valence-electron chi connectivity index (χ2n) is 5.88. The van der Waals surface area contributed by atoms with E-state index in [1.54, 1.807) is 7.11 Å². The van der Waals surface area contributed by atoms with E-state index in [0.717, 1.165) is 17.7 Å². The quantitative estimate of drug-likeness (QED) is 0.783. The van der Waals surface area contributed by atoms with E-state index in [4.69, 9.17) is 9.47 Å². The maximum atomic E-state index is 11.8. The summed E-state index contributed by atoms with van der Waals surface area (Å²) < 4.78 is 10.9. The number of fused-ring (bicyclic) bond motifs is 1. The largest absolute Gasteiger partial charge is 0.487 e. The highest BCUT2D eigenvalue weighted by molar-refractivity contribution is 5.78. The van der Waals surface area contributed by atoms with E-state index < -0.39 is 0 Å². The minimum atomic E-state index is -0.238. The summed E-state index contributed by atoms with van der Waals surface area (Å²) in [6.07, 6.45) is 0.829. The van der Waals surface area contributed by atoms with Crippen LogP contribution >= 0.6 is 0 Å². The first kappa shape index (κ1) is 15.8. The van der Waals surface area contributed by atoms with Crippen molar-refractivity contribution in [3.8, 4) is 5.75 Å². The first-order valence-electron chi connectivity index (χ1n) is 7.29. The monoisotopic (exact) mass is 292 g/mol. The summed E-state index contributed by atoms with van der Waals surface area (Å²) in [5.74, 6) is 0.875. The number of hydrogen-bond acceptors (Lipinski definition) is 4. The fraction of sp³-hybridized carbons (Fsp3) is 0.562. The predicted molar refractivity (Wildman–Crippen MR) is 81.4 cm³/mol. The Balaban J connectivity index is 1.95. The number of nitrogens with one attached hydrogen (secondary N) is 2. The Hall–Kier alpha value is -1.59. The second-order valence-corrected chi connectivity index (χ2v) is 5.88. The molecular weight excluding hydrogens is 268 g/mol. The van der Waals surface area contributed by atoms with Crippen LogP contribution in [0.15, 0.2) is 24.3 Å². The zero-order valence-corrected chi connectivity index (χ0v) is 12.9. The SMILES string of the molecule is COCCNC(=O)CNC1CC(C)(C)Oc2ccccc21. The third-order valence-electron chi connectivity index (χ3n) is 3.51. The van der Waals surface area contributed by atoms with E-state index in [2.05, 4.69) is 24.5 Å². The number of para-hydroxylation sites is 1. The highest BCUT2D eigenvalue weighted by atomic mass is 16.5. The molecule has 1 unspecified atom stereocenters. The van der Waals surface area contributed by atoms with E-state index in [9.17, 15) is 4.79 Å². The van der Waals surface area contributed by atoms with Crippen molar-refractivity contribution in [3.05, 3.63) is 29.8 Å². The zero-order valence-electron chi connectivity index (χ0n) is 12.9. The molecule has 1 heterocycles. The highest BCUT2D eigenvalue weighted by Gasteiger charge is 2.33. The molecule has 1 aliphatic heterocycles. The Morgan fingerprint density at radius 3 is 2.95 bits per heavy atom. The Bertz CT molecular complexity index is 488. The van der Waals surface area contributed by atoms with Crippen LogP contribution in [-0.2, 0) is 9.53 Å². The molecule has 1 atom stereocenters. The summed E-state index contributed by atoms with van der Waals surface area (Å²) in [6, 6.07) is 8.11. The summed E-state index contributed by atoms with van der Waals surface area (Å²) >= 11 is 0. The van der Waals surface area contributed by atoms with Gasteiger partial charge in [0.15, 0.2) is 0 Å². The molecule has 2 rings (SSSR count). The van der Waals surface area contributed by atoms with Gasteiger partial charge in [0.2, 0.25) is 5.91 Å². The van der Waals surface area contributed by atoms with Gasteiger partial charge in [-0.15, -0.1) is 0 Å². The van der Waals surface area contributed by atoms with Gasteiger partial charge in [-0.3, -0.25) is 4.79 Å². The molecular formula is C16H24N2O3. The smallest absolute Gasteiger partial charge is 0.234 e. The number of carbonyl (C=O) groups excluding carboxylic acids is 1. The van der Waals surface area contributed by atoms with Crippen LogP contribution in [0, 0.1) is 0 Å². The number of benzene rings is 1. The van der Waals surface area contributed by atoms with E-state index in [-0.39, 0.29) is 17.6 Å². The fourth-order valence-electron chi connectivity index (χ4n) is 2.56. The maximum Gasteiger partial charge on any atom is 0.234 e. The van der Waals surface area contributed by atoms with E-state index >= 15 is 0 Å². The van der Waals surface area contributed by atoms with E-state index in [1.807, 2.05) is 24.3 Å². The molecule has 0 radical (unpaired) electrons. The molecule has 0 fully saturated rings. The van der Waals surface area contributed by atoms with E-state index in [1.165, 1.54) is 0 Å². The third-order valence-corrected chi connectivity index (χ3v) is 3.51. The van der Waals surface area contributed by atoms with Gasteiger partial charge in [0, 0.05) is 31.7 Å². The molecule has 1 aliphatic rings. The van der Waals surface area contributed by atoms with Crippen molar-refractivity contribution in [1.82, 2.24) is 10.6 Å². The summed E-state index contributed by atoms with van der Waals surface area (Å²) in [5, 5.41) is 6.14. The minimum Gasteiger partial charge on any atom is -0.487 e. The van der Waals surface area contributed by atoms with Crippen LogP contribution in [0.2, 0.25) is 0 Å². The average molecular weight is 292 g/mol. The van der Waals surface area contributed by atoms with Crippen LogP contribution in [0.3, 0.4) is 0 Å². The predicted octanol–water partition coefficient (Wildman–Crippen LogP) is 1.64.